The molecule has 0 aromatic carbocycles. The van der Waals surface area contributed by atoms with E-state index in [1.807, 2.05) is 0 Å². The second-order valence-corrected chi connectivity index (χ2v) is 5.79. The van der Waals surface area contributed by atoms with Gasteiger partial charge in [-0.3, -0.25) is 0 Å². The molecule has 0 aromatic rings. The van der Waals surface area contributed by atoms with Crippen LogP contribution in [0.25, 0.3) is 0 Å². The molecule has 98 valence electrons. The highest BCUT2D eigenvalue weighted by molar-refractivity contribution is 4.83. The lowest BCUT2D eigenvalue weighted by atomic mass is 9.84. The Kier molecular flexibility index (Phi) is 8.04. The van der Waals surface area contributed by atoms with E-state index in [9.17, 15) is 0 Å². The molecule has 0 aliphatic carbocycles. The van der Waals surface area contributed by atoms with Crippen LogP contribution in [0.1, 0.15) is 66.7 Å². The number of hydrogen-bond donors (Lipinski definition) is 1. The molecular formula is C14H31NO. The second-order valence-electron chi connectivity index (χ2n) is 5.79. The summed E-state index contributed by atoms with van der Waals surface area (Å²) < 4.78 is 5.98. The van der Waals surface area contributed by atoms with Crippen molar-refractivity contribution in [1.82, 2.24) is 0 Å². The van der Waals surface area contributed by atoms with E-state index in [4.69, 9.17) is 10.5 Å². The maximum Gasteiger partial charge on any atom is 0.0773 e. The van der Waals surface area contributed by atoms with Gasteiger partial charge in [-0.1, -0.05) is 53.9 Å². The molecule has 2 atom stereocenters. The highest BCUT2D eigenvalue weighted by Gasteiger charge is 2.29. The van der Waals surface area contributed by atoms with Crippen molar-refractivity contribution in [3.63, 3.8) is 0 Å². The van der Waals surface area contributed by atoms with Gasteiger partial charge in [-0.15, -0.1) is 0 Å². The number of nitrogens with two attached hydrogens (primary N) is 1. The van der Waals surface area contributed by atoms with E-state index in [0.29, 0.717) is 0 Å². The first-order valence-electron chi connectivity index (χ1n) is 6.80. The summed E-state index contributed by atoms with van der Waals surface area (Å²) in [6.45, 7) is 11.8. The fraction of sp³-hybridized carbons (Fsp3) is 1.00. The highest BCUT2D eigenvalue weighted by Crippen LogP contribution is 2.25. The zero-order valence-corrected chi connectivity index (χ0v) is 11.9. The topological polar surface area (TPSA) is 35.2 Å². The van der Waals surface area contributed by atoms with Crippen molar-refractivity contribution >= 4 is 0 Å². The van der Waals surface area contributed by atoms with Gasteiger partial charge in [-0.05, 0) is 18.3 Å². The molecule has 0 radical (unpaired) electrons. The SMILES string of the molecule is CCCCCCOC(C(N)CC)C(C)(C)C. The Bertz CT molecular complexity index is 163. The first-order chi connectivity index (χ1) is 7.43. The van der Waals surface area contributed by atoms with Gasteiger partial charge >= 0.3 is 0 Å². The van der Waals surface area contributed by atoms with Gasteiger partial charge in [-0.25, -0.2) is 0 Å². The van der Waals surface area contributed by atoms with Crippen LogP contribution < -0.4 is 5.73 Å². The minimum absolute atomic E-state index is 0.139. The predicted molar refractivity (Wildman–Crippen MR) is 71.6 cm³/mol. The van der Waals surface area contributed by atoms with Crippen molar-refractivity contribution in [3.8, 4) is 0 Å². The van der Waals surface area contributed by atoms with Crippen molar-refractivity contribution in [2.24, 2.45) is 11.1 Å². The quantitative estimate of drug-likeness (QED) is 0.644. The third kappa shape index (κ3) is 6.49. The molecule has 16 heavy (non-hydrogen) atoms. The fourth-order valence-corrected chi connectivity index (χ4v) is 1.97. The number of hydrogen-bond acceptors (Lipinski definition) is 2. The summed E-state index contributed by atoms with van der Waals surface area (Å²) in [4.78, 5) is 0. The van der Waals surface area contributed by atoms with E-state index in [2.05, 4.69) is 34.6 Å². The van der Waals surface area contributed by atoms with Gasteiger partial charge in [0.1, 0.15) is 0 Å². The molecule has 0 heterocycles. The molecule has 0 bridgehead atoms. The minimum atomic E-state index is 0.139. The maximum atomic E-state index is 6.12. The Labute approximate surface area is 102 Å². The van der Waals surface area contributed by atoms with E-state index in [1.54, 1.807) is 0 Å². The first-order valence-corrected chi connectivity index (χ1v) is 6.80. The van der Waals surface area contributed by atoms with Crippen LogP contribution in [-0.4, -0.2) is 18.8 Å². The lowest BCUT2D eigenvalue weighted by molar-refractivity contribution is -0.0355. The fourth-order valence-electron chi connectivity index (χ4n) is 1.97. The third-order valence-electron chi connectivity index (χ3n) is 3.01. The molecule has 0 aliphatic heterocycles. The predicted octanol–water partition coefficient (Wildman–Crippen LogP) is 3.74. The molecule has 0 aliphatic rings. The van der Waals surface area contributed by atoms with E-state index in [0.717, 1.165) is 19.4 Å². The Hall–Kier alpha value is -0.0800. The van der Waals surface area contributed by atoms with Crippen LogP contribution in [0.5, 0.6) is 0 Å². The molecular weight excluding hydrogens is 198 g/mol. The molecule has 2 N–H and O–H groups in total. The average molecular weight is 229 g/mol. The van der Waals surface area contributed by atoms with E-state index < -0.39 is 0 Å². The van der Waals surface area contributed by atoms with E-state index >= 15 is 0 Å². The van der Waals surface area contributed by atoms with E-state index in [1.165, 1.54) is 19.3 Å². The van der Waals surface area contributed by atoms with Gasteiger partial charge in [-0.2, -0.15) is 0 Å². The molecule has 0 amide bonds. The molecule has 0 rings (SSSR count). The van der Waals surface area contributed by atoms with Gasteiger partial charge in [0.2, 0.25) is 0 Å². The van der Waals surface area contributed by atoms with Gasteiger partial charge < -0.3 is 10.5 Å². The van der Waals surface area contributed by atoms with Crippen molar-refractivity contribution in [2.45, 2.75) is 78.9 Å². The lowest BCUT2D eigenvalue weighted by Crippen LogP contribution is -2.45. The standard InChI is InChI=1S/C14H31NO/c1-6-8-9-10-11-16-13(12(15)7-2)14(3,4)5/h12-13H,6-11,15H2,1-5H3. The molecule has 2 heteroatoms. The van der Waals surface area contributed by atoms with Gasteiger partial charge in [0, 0.05) is 12.6 Å². The normalized spacial score (nSPS) is 16.1. The summed E-state index contributed by atoms with van der Waals surface area (Å²) in [5.41, 5.74) is 6.26. The second kappa shape index (κ2) is 8.08. The van der Waals surface area contributed by atoms with Crippen molar-refractivity contribution in [3.05, 3.63) is 0 Å². The third-order valence-corrected chi connectivity index (χ3v) is 3.01. The summed E-state index contributed by atoms with van der Waals surface area (Å²) in [5, 5.41) is 0. The van der Waals surface area contributed by atoms with Crippen LogP contribution >= 0.6 is 0 Å². The molecule has 0 spiro atoms. The summed E-state index contributed by atoms with van der Waals surface area (Å²) >= 11 is 0. The summed E-state index contributed by atoms with van der Waals surface area (Å²) in [6, 6.07) is 0.158. The zero-order valence-electron chi connectivity index (χ0n) is 11.9. The van der Waals surface area contributed by atoms with Crippen molar-refractivity contribution < 1.29 is 4.74 Å². The Morgan fingerprint density at radius 2 is 1.69 bits per heavy atom. The van der Waals surface area contributed by atoms with Crippen LogP contribution in [0.4, 0.5) is 0 Å². The van der Waals surface area contributed by atoms with Crippen LogP contribution in [0.2, 0.25) is 0 Å². The molecule has 0 saturated heterocycles. The first kappa shape index (κ1) is 15.9. The summed E-state index contributed by atoms with van der Waals surface area (Å²) in [6.07, 6.45) is 6.18. The largest absolute Gasteiger partial charge is 0.376 e. The van der Waals surface area contributed by atoms with Crippen LogP contribution in [0.3, 0.4) is 0 Å². The Morgan fingerprint density at radius 1 is 1.06 bits per heavy atom. The summed E-state index contributed by atoms with van der Waals surface area (Å²) in [7, 11) is 0. The highest BCUT2D eigenvalue weighted by atomic mass is 16.5. The monoisotopic (exact) mass is 229 g/mol. The summed E-state index contributed by atoms with van der Waals surface area (Å²) in [5.74, 6) is 0. The van der Waals surface area contributed by atoms with Gasteiger partial charge in [0.15, 0.2) is 0 Å². The maximum absolute atomic E-state index is 6.12. The van der Waals surface area contributed by atoms with Crippen molar-refractivity contribution in [1.29, 1.82) is 0 Å². The number of rotatable bonds is 8. The molecule has 2 unspecified atom stereocenters. The van der Waals surface area contributed by atoms with Gasteiger partial charge in [0.25, 0.3) is 0 Å². The zero-order chi connectivity index (χ0) is 12.6. The Balaban J connectivity index is 3.94. The van der Waals surface area contributed by atoms with Crippen LogP contribution in [0.15, 0.2) is 0 Å². The smallest absolute Gasteiger partial charge is 0.0773 e. The minimum Gasteiger partial charge on any atom is -0.376 e. The van der Waals surface area contributed by atoms with Crippen LogP contribution in [0, 0.1) is 5.41 Å². The van der Waals surface area contributed by atoms with Crippen molar-refractivity contribution in [2.75, 3.05) is 6.61 Å². The van der Waals surface area contributed by atoms with E-state index in [-0.39, 0.29) is 17.6 Å². The van der Waals surface area contributed by atoms with Crippen LogP contribution in [-0.2, 0) is 4.74 Å². The van der Waals surface area contributed by atoms with Gasteiger partial charge in [0.05, 0.1) is 6.10 Å². The molecule has 0 aromatic heterocycles. The molecule has 2 nitrogen and oxygen atoms in total. The molecule has 0 fully saturated rings. The lowest BCUT2D eigenvalue weighted by Gasteiger charge is -2.34. The Morgan fingerprint density at radius 3 is 2.12 bits per heavy atom. The number of ether oxygens (including phenoxy) is 1. The molecule has 0 saturated carbocycles. The number of unbranched alkanes of at least 4 members (excludes halogenated alkanes) is 3. The average Bonchev–Trinajstić information content (AvgIpc) is 2.20.